The van der Waals surface area contributed by atoms with Crippen LogP contribution in [0.15, 0.2) is 18.5 Å². The highest BCUT2D eigenvalue weighted by molar-refractivity contribution is 5.82. The van der Waals surface area contributed by atoms with Crippen molar-refractivity contribution in [2.75, 3.05) is 0 Å². The Morgan fingerprint density at radius 2 is 2.19 bits per heavy atom. The minimum Gasteiger partial charge on any atom is -0.480 e. The smallest absolute Gasteiger partial charge is 0.326 e. The number of aryl methyl sites for hydroxylation is 1. The zero-order chi connectivity index (χ0) is 12.1. The molecule has 0 aliphatic rings. The summed E-state index contributed by atoms with van der Waals surface area (Å²) in [4.78, 5) is 25.7. The molecule has 86 valence electrons. The Morgan fingerprint density at radius 3 is 2.69 bits per heavy atom. The van der Waals surface area contributed by atoms with Crippen LogP contribution >= 0.6 is 0 Å². The van der Waals surface area contributed by atoms with Crippen LogP contribution in [0, 0.1) is 6.92 Å². The van der Waals surface area contributed by atoms with Gasteiger partial charge in [-0.05, 0) is 18.1 Å². The maximum Gasteiger partial charge on any atom is 0.326 e. The van der Waals surface area contributed by atoms with Crippen molar-refractivity contribution in [3.63, 3.8) is 0 Å². The minimum atomic E-state index is -1.04. The van der Waals surface area contributed by atoms with Gasteiger partial charge in [0, 0.05) is 25.7 Å². The first-order chi connectivity index (χ1) is 7.49. The van der Waals surface area contributed by atoms with Gasteiger partial charge in [0.25, 0.3) is 0 Å². The number of carboxylic acids is 1. The van der Waals surface area contributed by atoms with E-state index in [9.17, 15) is 9.59 Å². The molecule has 0 aliphatic carbocycles. The number of aromatic nitrogens is 1. The van der Waals surface area contributed by atoms with Gasteiger partial charge in [0.2, 0.25) is 5.91 Å². The lowest BCUT2D eigenvalue weighted by Gasteiger charge is -2.13. The van der Waals surface area contributed by atoms with Crippen molar-refractivity contribution in [2.45, 2.75) is 26.3 Å². The van der Waals surface area contributed by atoms with Crippen molar-refractivity contribution in [3.05, 3.63) is 29.6 Å². The maximum atomic E-state index is 10.9. The summed E-state index contributed by atoms with van der Waals surface area (Å²) in [6, 6.07) is 0.950. The Morgan fingerprint density at radius 1 is 1.50 bits per heavy atom. The van der Waals surface area contributed by atoms with Crippen molar-refractivity contribution in [3.8, 4) is 0 Å². The number of aliphatic carboxylic acids is 1. The van der Waals surface area contributed by atoms with Gasteiger partial charge in [0.05, 0.1) is 0 Å². The molecule has 1 aromatic heterocycles. The molecule has 1 atom stereocenters. The average Bonchev–Trinajstić information content (AvgIpc) is 2.15. The van der Waals surface area contributed by atoms with Crippen LogP contribution in [0.3, 0.4) is 0 Å². The van der Waals surface area contributed by atoms with Crippen LogP contribution < -0.4 is 5.32 Å². The fourth-order valence-electron chi connectivity index (χ4n) is 1.41. The van der Waals surface area contributed by atoms with E-state index in [0.29, 0.717) is 0 Å². The van der Waals surface area contributed by atoms with Crippen LogP contribution in [-0.2, 0) is 16.0 Å². The third-order valence-corrected chi connectivity index (χ3v) is 2.05. The number of amides is 1. The summed E-state index contributed by atoms with van der Waals surface area (Å²) < 4.78 is 0. The van der Waals surface area contributed by atoms with Gasteiger partial charge < -0.3 is 10.4 Å². The zero-order valence-electron chi connectivity index (χ0n) is 9.23. The number of carbonyl (C=O) groups is 2. The lowest BCUT2D eigenvalue weighted by molar-refractivity contribution is -0.141. The lowest BCUT2D eigenvalue weighted by Crippen LogP contribution is -2.41. The van der Waals surface area contributed by atoms with Crippen molar-refractivity contribution in [1.82, 2.24) is 10.3 Å². The topological polar surface area (TPSA) is 79.3 Å². The molecule has 0 bridgehead atoms. The molecule has 5 nitrogen and oxygen atoms in total. The molecule has 1 heterocycles. The standard InChI is InChI=1S/C11H14N2O3/c1-7-3-9(6-12-5-7)4-10(11(15)16)13-8(2)14/h3,5-6,10H,4H2,1-2H3,(H,13,14)(H,15,16). The first-order valence-electron chi connectivity index (χ1n) is 4.89. The van der Waals surface area contributed by atoms with E-state index in [2.05, 4.69) is 10.3 Å². The number of nitrogens with zero attached hydrogens (tertiary/aromatic N) is 1. The van der Waals surface area contributed by atoms with E-state index in [0.717, 1.165) is 11.1 Å². The Labute approximate surface area is 93.5 Å². The van der Waals surface area contributed by atoms with Crippen LogP contribution in [0.1, 0.15) is 18.1 Å². The first-order valence-corrected chi connectivity index (χ1v) is 4.89. The molecule has 0 aromatic carbocycles. The van der Waals surface area contributed by atoms with E-state index in [1.807, 2.05) is 13.0 Å². The van der Waals surface area contributed by atoms with E-state index >= 15 is 0 Å². The van der Waals surface area contributed by atoms with Crippen LogP contribution in [0.25, 0.3) is 0 Å². The Kier molecular flexibility index (Phi) is 3.99. The molecule has 1 aromatic rings. The predicted molar refractivity (Wildman–Crippen MR) is 57.9 cm³/mol. The van der Waals surface area contributed by atoms with Crippen LogP contribution in [0.4, 0.5) is 0 Å². The predicted octanol–water partition coefficient (Wildman–Crippen LogP) is 0.522. The first kappa shape index (κ1) is 12.2. The molecular weight excluding hydrogens is 208 g/mol. The van der Waals surface area contributed by atoms with Gasteiger partial charge in [-0.15, -0.1) is 0 Å². The van der Waals surface area contributed by atoms with Gasteiger partial charge in [-0.1, -0.05) is 6.07 Å². The number of carbonyl (C=O) groups excluding carboxylic acids is 1. The molecule has 0 spiro atoms. The molecule has 0 saturated heterocycles. The Bertz CT molecular complexity index is 404. The molecule has 0 radical (unpaired) electrons. The summed E-state index contributed by atoms with van der Waals surface area (Å²) in [6.07, 6.45) is 3.53. The SMILES string of the molecule is CC(=O)NC(Cc1cncc(C)c1)C(=O)O. The molecule has 0 fully saturated rings. The zero-order valence-corrected chi connectivity index (χ0v) is 9.23. The second-order valence-electron chi connectivity index (χ2n) is 3.67. The van der Waals surface area contributed by atoms with Gasteiger partial charge in [-0.25, -0.2) is 4.79 Å². The van der Waals surface area contributed by atoms with Crippen molar-refractivity contribution < 1.29 is 14.7 Å². The van der Waals surface area contributed by atoms with Gasteiger partial charge in [-0.2, -0.15) is 0 Å². The third kappa shape index (κ3) is 3.68. The summed E-state index contributed by atoms with van der Waals surface area (Å²) in [7, 11) is 0. The van der Waals surface area contributed by atoms with Gasteiger partial charge in [-0.3, -0.25) is 9.78 Å². The molecule has 1 unspecified atom stereocenters. The van der Waals surface area contributed by atoms with E-state index in [1.54, 1.807) is 12.4 Å². The third-order valence-electron chi connectivity index (χ3n) is 2.05. The number of pyridine rings is 1. The van der Waals surface area contributed by atoms with E-state index in [1.165, 1.54) is 6.92 Å². The number of hydrogen-bond donors (Lipinski definition) is 2. The highest BCUT2D eigenvalue weighted by Crippen LogP contribution is 2.05. The minimum absolute atomic E-state index is 0.240. The highest BCUT2D eigenvalue weighted by atomic mass is 16.4. The highest BCUT2D eigenvalue weighted by Gasteiger charge is 2.18. The molecule has 5 heteroatoms. The summed E-state index contributed by atoms with van der Waals surface area (Å²) >= 11 is 0. The van der Waals surface area contributed by atoms with E-state index < -0.39 is 12.0 Å². The Balaban J connectivity index is 2.75. The summed E-state index contributed by atoms with van der Waals surface area (Å²) in [5.41, 5.74) is 1.76. The maximum absolute atomic E-state index is 10.9. The van der Waals surface area contributed by atoms with Crippen molar-refractivity contribution in [1.29, 1.82) is 0 Å². The number of carboxylic acid groups (broad SMARTS) is 1. The molecule has 0 aliphatic heterocycles. The van der Waals surface area contributed by atoms with E-state index in [4.69, 9.17) is 5.11 Å². The second-order valence-corrected chi connectivity index (χ2v) is 3.67. The molecule has 16 heavy (non-hydrogen) atoms. The quantitative estimate of drug-likeness (QED) is 0.778. The lowest BCUT2D eigenvalue weighted by atomic mass is 10.1. The molecule has 2 N–H and O–H groups in total. The van der Waals surface area contributed by atoms with E-state index in [-0.39, 0.29) is 12.3 Å². The van der Waals surface area contributed by atoms with Crippen molar-refractivity contribution in [2.24, 2.45) is 0 Å². The average molecular weight is 222 g/mol. The molecule has 0 saturated carbocycles. The molecular formula is C11H14N2O3. The largest absolute Gasteiger partial charge is 0.480 e. The summed E-state index contributed by atoms with van der Waals surface area (Å²) in [6.45, 7) is 3.18. The van der Waals surface area contributed by atoms with Crippen LogP contribution in [-0.4, -0.2) is 28.0 Å². The van der Waals surface area contributed by atoms with Gasteiger partial charge in [0.15, 0.2) is 0 Å². The normalized spacial score (nSPS) is 11.9. The number of hydrogen-bond acceptors (Lipinski definition) is 3. The number of rotatable bonds is 4. The van der Waals surface area contributed by atoms with Gasteiger partial charge in [0.1, 0.15) is 6.04 Å². The molecule has 1 rings (SSSR count). The number of nitrogens with one attached hydrogen (secondary N) is 1. The van der Waals surface area contributed by atoms with Crippen LogP contribution in [0.5, 0.6) is 0 Å². The summed E-state index contributed by atoms with van der Waals surface area (Å²) in [5, 5.41) is 11.3. The Hall–Kier alpha value is -1.91. The monoisotopic (exact) mass is 222 g/mol. The van der Waals surface area contributed by atoms with Gasteiger partial charge >= 0.3 is 5.97 Å². The summed E-state index contributed by atoms with van der Waals surface area (Å²) in [5.74, 6) is -1.40. The van der Waals surface area contributed by atoms with Crippen molar-refractivity contribution >= 4 is 11.9 Å². The second kappa shape index (κ2) is 5.25. The van der Waals surface area contributed by atoms with Crippen LogP contribution in [0.2, 0.25) is 0 Å². The fraction of sp³-hybridized carbons (Fsp3) is 0.364. The fourth-order valence-corrected chi connectivity index (χ4v) is 1.41. The molecule has 1 amide bonds.